The first-order valence-corrected chi connectivity index (χ1v) is 5.75. The molecule has 0 aliphatic heterocycles. The molecule has 0 amide bonds. The molecular weight excluding hydrogens is 284 g/mol. The molecule has 0 bridgehead atoms. The number of rotatable bonds is 3. The van der Waals surface area contributed by atoms with Crippen molar-refractivity contribution in [3.05, 3.63) is 34.5 Å². The zero-order valence-corrected chi connectivity index (χ0v) is 10.8. The summed E-state index contributed by atoms with van der Waals surface area (Å²) in [5, 5.41) is 3.13. The second-order valence-corrected chi connectivity index (χ2v) is 4.23. The molecule has 0 unspecified atom stereocenters. The van der Waals surface area contributed by atoms with Crippen LogP contribution < -0.4 is 11.1 Å². The second kappa shape index (κ2) is 5.05. The van der Waals surface area contributed by atoms with Gasteiger partial charge in [-0.1, -0.05) is 0 Å². The van der Waals surface area contributed by atoms with E-state index in [1.54, 1.807) is 12.4 Å². The van der Waals surface area contributed by atoms with E-state index in [4.69, 9.17) is 5.73 Å². The Kier molecular flexibility index (Phi) is 3.48. The maximum absolute atomic E-state index is 5.51. The predicted octanol–water partition coefficient (Wildman–Crippen LogP) is 1.53. The van der Waals surface area contributed by atoms with Crippen LogP contribution in [0.15, 0.2) is 22.9 Å². The quantitative estimate of drug-likeness (QED) is 0.892. The number of aryl methyl sites for hydroxylation is 1. The van der Waals surface area contributed by atoms with Crippen LogP contribution in [-0.4, -0.2) is 19.9 Å². The van der Waals surface area contributed by atoms with Crippen LogP contribution in [-0.2, 0) is 6.54 Å². The van der Waals surface area contributed by atoms with Crippen LogP contribution in [0, 0.1) is 6.92 Å². The van der Waals surface area contributed by atoms with Crippen LogP contribution in [0.3, 0.4) is 0 Å². The molecule has 0 aromatic carbocycles. The summed E-state index contributed by atoms with van der Waals surface area (Å²) in [6.45, 7) is 2.40. The molecule has 17 heavy (non-hydrogen) atoms. The number of hydrogen-bond donors (Lipinski definition) is 2. The third kappa shape index (κ3) is 3.10. The number of anilines is 2. The topological polar surface area (TPSA) is 89.6 Å². The Hall–Kier alpha value is -1.76. The highest BCUT2D eigenvalue weighted by molar-refractivity contribution is 9.10. The predicted molar refractivity (Wildman–Crippen MR) is 68.2 cm³/mol. The van der Waals surface area contributed by atoms with E-state index in [0.29, 0.717) is 12.4 Å². The fourth-order valence-corrected chi connectivity index (χ4v) is 1.61. The van der Waals surface area contributed by atoms with Crippen molar-refractivity contribution < 1.29 is 0 Å². The minimum atomic E-state index is 0.231. The van der Waals surface area contributed by atoms with Crippen LogP contribution in [0.1, 0.15) is 11.5 Å². The van der Waals surface area contributed by atoms with E-state index >= 15 is 0 Å². The summed E-state index contributed by atoms with van der Waals surface area (Å²) < 4.78 is 0.762. The molecule has 0 fully saturated rings. The van der Waals surface area contributed by atoms with Gasteiger partial charge >= 0.3 is 0 Å². The molecule has 3 N–H and O–H groups in total. The lowest BCUT2D eigenvalue weighted by molar-refractivity contribution is 0.947. The molecule has 0 saturated carbocycles. The fraction of sp³-hybridized carbons (Fsp3) is 0.200. The van der Waals surface area contributed by atoms with E-state index in [9.17, 15) is 0 Å². The van der Waals surface area contributed by atoms with Crippen molar-refractivity contribution >= 4 is 27.7 Å². The Morgan fingerprint density at radius 1 is 1.35 bits per heavy atom. The highest BCUT2D eigenvalue weighted by atomic mass is 79.9. The Labute approximate surface area is 107 Å². The minimum absolute atomic E-state index is 0.231. The minimum Gasteiger partial charge on any atom is -0.368 e. The van der Waals surface area contributed by atoms with Crippen molar-refractivity contribution in [3.63, 3.8) is 0 Å². The monoisotopic (exact) mass is 294 g/mol. The second-order valence-electron chi connectivity index (χ2n) is 3.37. The standard InChI is InChI=1S/C10H11BrN6/c1-6-13-3-2-7(16-6)4-14-9-8(11)5-15-10(12)17-9/h2-3,5H,4H2,1H3,(H3,12,14,15,17). The number of nitrogen functional groups attached to an aromatic ring is 1. The van der Waals surface area contributed by atoms with Crippen LogP contribution in [0.5, 0.6) is 0 Å². The molecule has 2 rings (SSSR count). The number of halogens is 1. The van der Waals surface area contributed by atoms with E-state index in [-0.39, 0.29) is 5.95 Å². The molecule has 2 heterocycles. The molecule has 0 spiro atoms. The summed E-state index contributed by atoms with van der Waals surface area (Å²) in [5.74, 6) is 1.62. The summed E-state index contributed by atoms with van der Waals surface area (Å²) >= 11 is 3.34. The first-order chi connectivity index (χ1) is 8.15. The first-order valence-electron chi connectivity index (χ1n) is 4.95. The van der Waals surface area contributed by atoms with E-state index in [1.807, 2.05) is 13.0 Å². The zero-order valence-electron chi connectivity index (χ0n) is 9.18. The summed E-state index contributed by atoms with van der Waals surface area (Å²) in [5.41, 5.74) is 6.40. The van der Waals surface area contributed by atoms with Crippen LogP contribution in [0.25, 0.3) is 0 Å². The third-order valence-electron chi connectivity index (χ3n) is 2.03. The van der Waals surface area contributed by atoms with E-state index < -0.39 is 0 Å². The lowest BCUT2D eigenvalue weighted by Gasteiger charge is -2.07. The van der Waals surface area contributed by atoms with Crippen molar-refractivity contribution in [2.24, 2.45) is 0 Å². The number of nitrogens with one attached hydrogen (secondary N) is 1. The number of aromatic nitrogens is 4. The fourth-order valence-electron chi connectivity index (χ4n) is 1.28. The summed E-state index contributed by atoms with van der Waals surface area (Å²) in [4.78, 5) is 16.2. The summed E-state index contributed by atoms with van der Waals surface area (Å²) in [6.07, 6.45) is 3.33. The van der Waals surface area contributed by atoms with Gasteiger partial charge in [0.2, 0.25) is 5.95 Å². The van der Waals surface area contributed by atoms with Gasteiger partial charge in [-0.2, -0.15) is 4.98 Å². The molecule has 88 valence electrons. The van der Waals surface area contributed by atoms with E-state index in [2.05, 4.69) is 41.2 Å². The van der Waals surface area contributed by atoms with Crippen molar-refractivity contribution in [2.45, 2.75) is 13.5 Å². The molecule has 7 heteroatoms. The highest BCUT2D eigenvalue weighted by Crippen LogP contribution is 2.19. The van der Waals surface area contributed by atoms with Crippen molar-refractivity contribution in [1.29, 1.82) is 0 Å². The van der Waals surface area contributed by atoms with Crippen molar-refractivity contribution in [1.82, 2.24) is 19.9 Å². The van der Waals surface area contributed by atoms with Crippen molar-refractivity contribution in [2.75, 3.05) is 11.1 Å². The molecule has 0 atom stereocenters. The van der Waals surface area contributed by atoms with Gasteiger partial charge in [0.25, 0.3) is 0 Å². The molecule has 6 nitrogen and oxygen atoms in total. The summed E-state index contributed by atoms with van der Waals surface area (Å²) in [7, 11) is 0. The maximum atomic E-state index is 5.51. The molecule has 0 radical (unpaired) electrons. The van der Waals surface area contributed by atoms with E-state index in [1.165, 1.54) is 0 Å². The lowest BCUT2D eigenvalue weighted by atomic mass is 10.4. The normalized spacial score (nSPS) is 10.2. The SMILES string of the molecule is Cc1nccc(CNc2nc(N)ncc2Br)n1. The van der Waals surface area contributed by atoms with Gasteiger partial charge in [-0.25, -0.2) is 15.0 Å². The molecule has 0 aliphatic rings. The van der Waals surface area contributed by atoms with Gasteiger partial charge in [0.05, 0.1) is 16.7 Å². The largest absolute Gasteiger partial charge is 0.368 e. The van der Waals surface area contributed by atoms with Crippen LogP contribution in [0.2, 0.25) is 0 Å². The van der Waals surface area contributed by atoms with Crippen LogP contribution >= 0.6 is 15.9 Å². The maximum Gasteiger partial charge on any atom is 0.221 e. The molecule has 2 aromatic heterocycles. The average molecular weight is 295 g/mol. The average Bonchev–Trinajstić information content (AvgIpc) is 2.30. The Morgan fingerprint density at radius 3 is 2.94 bits per heavy atom. The molecular formula is C10H11BrN6. The third-order valence-corrected chi connectivity index (χ3v) is 2.61. The lowest BCUT2D eigenvalue weighted by Crippen LogP contribution is -2.07. The smallest absolute Gasteiger partial charge is 0.221 e. The Morgan fingerprint density at radius 2 is 2.18 bits per heavy atom. The van der Waals surface area contributed by atoms with Gasteiger partial charge in [-0.3, -0.25) is 0 Å². The molecule has 2 aromatic rings. The van der Waals surface area contributed by atoms with Gasteiger partial charge in [0, 0.05) is 12.4 Å². The molecule has 0 saturated heterocycles. The van der Waals surface area contributed by atoms with E-state index in [0.717, 1.165) is 16.0 Å². The molecule has 0 aliphatic carbocycles. The van der Waals surface area contributed by atoms with Gasteiger partial charge in [-0.15, -0.1) is 0 Å². The summed E-state index contributed by atoms with van der Waals surface area (Å²) in [6, 6.07) is 1.85. The Bertz CT molecular complexity index is 530. The number of nitrogens with zero attached hydrogens (tertiary/aromatic N) is 4. The first kappa shape index (κ1) is 11.7. The van der Waals surface area contributed by atoms with Crippen molar-refractivity contribution in [3.8, 4) is 0 Å². The highest BCUT2D eigenvalue weighted by Gasteiger charge is 2.03. The number of hydrogen-bond acceptors (Lipinski definition) is 6. The van der Waals surface area contributed by atoms with Gasteiger partial charge < -0.3 is 11.1 Å². The van der Waals surface area contributed by atoms with Gasteiger partial charge in [0.15, 0.2) is 0 Å². The van der Waals surface area contributed by atoms with Gasteiger partial charge in [0.1, 0.15) is 11.6 Å². The zero-order chi connectivity index (χ0) is 12.3. The number of nitrogens with two attached hydrogens (primary N) is 1. The van der Waals surface area contributed by atoms with Crippen LogP contribution in [0.4, 0.5) is 11.8 Å². The van der Waals surface area contributed by atoms with Gasteiger partial charge in [-0.05, 0) is 28.9 Å². The Balaban J connectivity index is 2.09.